The smallest absolute Gasteiger partial charge is 0.292 e. The van der Waals surface area contributed by atoms with Crippen LogP contribution in [0, 0.1) is 10.1 Å². The largest absolute Gasteiger partial charge is 0.497 e. The van der Waals surface area contributed by atoms with E-state index >= 15 is 0 Å². The highest BCUT2D eigenvalue weighted by molar-refractivity contribution is 5.64. The zero-order chi connectivity index (χ0) is 12.1. The van der Waals surface area contributed by atoms with Crippen molar-refractivity contribution < 1.29 is 9.66 Å². The van der Waals surface area contributed by atoms with Crippen molar-refractivity contribution in [2.24, 2.45) is 0 Å². The Morgan fingerprint density at radius 2 is 2.31 bits per heavy atom. The lowest BCUT2D eigenvalue weighted by molar-refractivity contribution is -0.384. The van der Waals surface area contributed by atoms with Crippen LogP contribution < -0.4 is 10.1 Å². The van der Waals surface area contributed by atoms with Gasteiger partial charge in [0.2, 0.25) is 0 Å². The number of hydrogen-bond donors (Lipinski definition) is 1. The van der Waals surface area contributed by atoms with Gasteiger partial charge in [0.05, 0.1) is 12.0 Å². The second-order valence-corrected chi connectivity index (χ2v) is 3.45. The average Bonchev–Trinajstić information content (AvgIpc) is 2.25. The summed E-state index contributed by atoms with van der Waals surface area (Å²) >= 11 is 0. The molecule has 0 saturated heterocycles. The Hall–Kier alpha value is -2.04. The molecule has 0 atom stereocenters. The van der Waals surface area contributed by atoms with E-state index in [1.807, 2.05) is 6.92 Å². The molecule has 0 aromatic heterocycles. The van der Waals surface area contributed by atoms with Gasteiger partial charge in [-0.2, -0.15) is 0 Å². The first kappa shape index (κ1) is 12.0. The zero-order valence-corrected chi connectivity index (χ0v) is 9.32. The van der Waals surface area contributed by atoms with Crippen molar-refractivity contribution in [1.29, 1.82) is 0 Å². The van der Waals surface area contributed by atoms with Crippen molar-refractivity contribution in [3.8, 4) is 5.75 Å². The lowest BCUT2D eigenvalue weighted by atomic mass is 10.2. The summed E-state index contributed by atoms with van der Waals surface area (Å²) in [6.07, 6.45) is 0. The third-order valence-corrected chi connectivity index (χ3v) is 1.98. The molecule has 0 radical (unpaired) electrons. The maximum absolute atomic E-state index is 10.8. The maximum Gasteiger partial charge on any atom is 0.292 e. The molecule has 0 amide bonds. The van der Waals surface area contributed by atoms with E-state index in [1.54, 1.807) is 12.1 Å². The molecule has 0 spiro atoms. The standard InChI is InChI=1S/C11H14N2O3/c1-8(2)7-12-10-6-9(16-3)4-5-11(10)13(14)15/h4-6,12H,1,7H2,2-3H3. The fourth-order valence-corrected chi connectivity index (χ4v) is 1.19. The fourth-order valence-electron chi connectivity index (χ4n) is 1.19. The molecule has 0 heterocycles. The van der Waals surface area contributed by atoms with Gasteiger partial charge in [0.1, 0.15) is 11.4 Å². The minimum atomic E-state index is -0.430. The summed E-state index contributed by atoms with van der Waals surface area (Å²) < 4.78 is 5.01. The van der Waals surface area contributed by atoms with E-state index in [9.17, 15) is 10.1 Å². The normalized spacial score (nSPS) is 9.62. The van der Waals surface area contributed by atoms with E-state index in [0.29, 0.717) is 18.0 Å². The highest BCUT2D eigenvalue weighted by Crippen LogP contribution is 2.28. The maximum atomic E-state index is 10.8. The van der Waals surface area contributed by atoms with Crippen LogP contribution in [-0.2, 0) is 0 Å². The quantitative estimate of drug-likeness (QED) is 0.472. The molecular formula is C11H14N2O3. The highest BCUT2D eigenvalue weighted by atomic mass is 16.6. The summed E-state index contributed by atoms with van der Waals surface area (Å²) in [5.41, 5.74) is 1.37. The molecule has 0 aliphatic rings. The van der Waals surface area contributed by atoms with Crippen LogP contribution in [0.3, 0.4) is 0 Å². The number of benzene rings is 1. The van der Waals surface area contributed by atoms with Crippen LogP contribution in [0.15, 0.2) is 30.4 Å². The van der Waals surface area contributed by atoms with Crippen LogP contribution in [0.1, 0.15) is 6.92 Å². The number of anilines is 1. The number of ether oxygens (including phenoxy) is 1. The summed E-state index contributed by atoms with van der Waals surface area (Å²) in [6.45, 7) is 6.06. The van der Waals surface area contributed by atoms with Crippen molar-refractivity contribution in [3.05, 3.63) is 40.5 Å². The number of methoxy groups -OCH3 is 1. The molecule has 86 valence electrons. The summed E-state index contributed by atoms with van der Waals surface area (Å²) in [7, 11) is 1.52. The van der Waals surface area contributed by atoms with Gasteiger partial charge in [-0.15, -0.1) is 0 Å². The van der Waals surface area contributed by atoms with E-state index in [4.69, 9.17) is 4.74 Å². The van der Waals surface area contributed by atoms with Crippen molar-refractivity contribution in [1.82, 2.24) is 0 Å². The van der Waals surface area contributed by atoms with Gasteiger partial charge in [-0.3, -0.25) is 10.1 Å². The van der Waals surface area contributed by atoms with Gasteiger partial charge in [-0.05, 0) is 13.0 Å². The monoisotopic (exact) mass is 222 g/mol. The van der Waals surface area contributed by atoms with Crippen molar-refractivity contribution in [2.45, 2.75) is 6.92 Å². The van der Waals surface area contributed by atoms with E-state index in [2.05, 4.69) is 11.9 Å². The predicted octanol–water partition coefficient (Wildman–Crippen LogP) is 2.59. The number of nitrogens with zero attached hydrogens (tertiary/aromatic N) is 1. The molecule has 5 heteroatoms. The number of nitro groups is 1. The SMILES string of the molecule is C=C(C)CNc1cc(OC)ccc1[N+](=O)[O-]. The first-order valence-corrected chi connectivity index (χ1v) is 4.75. The van der Waals surface area contributed by atoms with Crippen LogP contribution in [0.2, 0.25) is 0 Å². The highest BCUT2D eigenvalue weighted by Gasteiger charge is 2.13. The van der Waals surface area contributed by atoms with Crippen LogP contribution in [-0.4, -0.2) is 18.6 Å². The second-order valence-electron chi connectivity index (χ2n) is 3.45. The summed E-state index contributed by atoms with van der Waals surface area (Å²) in [6, 6.07) is 4.57. The van der Waals surface area contributed by atoms with Gasteiger partial charge in [0.25, 0.3) is 5.69 Å². The minimum absolute atomic E-state index is 0.0297. The molecule has 0 unspecified atom stereocenters. The van der Waals surface area contributed by atoms with Gasteiger partial charge in [-0.1, -0.05) is 12.2 Å². The number of nitrogens with one attached hydrogen (secondary N) is 1. The Kier molecular flexibility index (Phi) is 3.88. The fraction of sp³-hybridized carbons (Fsp3) is 0.273. The molecule has 1 aromatic carbocycles. The topological polar surface area (TPSA) is 64.4 Å². The van der Waals surface area contributed by atoms with Crippen molar-refractivity contribution in [3.63, 3.8) is 0 Å². The molecule has 0 aliphatic carbocycles. The van der Waals surface area contributed by atoms with E-state index in [0.717, 1.165) is 5.57 Å². The average molecular weight is 222 g/mol. The third kappa shape index (κ3) is 2.98. The van der Waals surface area contributed by atoms with Crippen LogP contribution in [0.5, 0.6) is 5.75 Å². The van der Waals surface area contributed by atoms with Crippen molar-refractivity contribution in [2.75, 3.05) is 19.0 Å². The number of nitro benzene ring substituents is 1. The van der Waals surface area contributed by atoms with E-state index < -0.39 is 4.92 Å². The summed E-state index contributed by atoms with van der Waals surface area (Å²) in [4.78, 5) is 10.3. The molecule has 0 bridgehead atoms. The van der Waals surface area contributed by atoms with E-state index in [-0.39, 0.29) is 5.69 Å². The predicted molar refractivity (Wildman–Crippen MR) is 63.0 cm³/mol. The summed E-state index contributed by atoms with van der Waals surface area (Å²) in [5, 5.41) is 13.7. The van der Waals surface area contributed by atoms with Crippen LogP contribution in [0.25, 0.3) is 0 Å². The molecule has 5 nitrogen and oxygen atoms in total. The van der Waals surface area contributed by atoms with Crippen LogP contribution >= 0.6 is 0 Å². The lowest BCUT2D eigenvalue weighted by Crippen LogP contribution is -2.04. The Labute approximate surface area is 93.9 Å². The Morgan fingerprint density at radius 3 is 2.81 bits per heavy atom. The molecule has 1 aromatic rings. The van der Waals surface area contributed by atoms with Gasteiger partial charge in [0.15, 0.2) is 0 Å². The zero-order valence-electron chi connectivity index (χ0n) is 9.32. The minimum Gasteiger partial charge on any atom is -0.497 e. The molecule has 1 rings (SSSR count). The van der Waals surface area contributed by atoms with E-state index in [1.165, 1.54) is 13.2 Å². The Morgan fingerprint density at radius 1 is 1.62 bits per heavy atom. The van der Waals surface area contributed by atoms with Crippen LogP contribution in [0.4, 0.5) is 11.4 Å². The molecule has 0 aliphatic heterocycles. The van der Waals surface area contributed by atoms with Gasteiger partial charge < -0.3 is 10.1 Å². The van der Waals surface area contributed by atoms with Crippen molar-refractivity contribution >= 4 is 11.4 Å². The Balaban J connectivity index is 3.00. The first-order valence-electron chi connectivity index (χ1n) is 4.75. The molecule has 16 heavy (non-hydrogen) atoms. The summed E-state index contributed by atoms with van der Waals surface area (Å²) in [5.74, 6) is 0.579. The molecular weight excluding hydrogens is 208 g/mol. The number of rotatable bonds is 5. The van der Waals surface area contributed by atoms with Gasteiger partial charge in [0, 0.05) is 18.7 Å². The molecule has 0 saturated carbocycles. The van der Waals surface area contributed by atoms with Gasteiger partial charge >= 0.3 is 0 Å². The lowest BCUT2D eigenvalue weighted by Gasteiger charge is -2.08. The third-order valence-electron chi connectivity index (χ3n) is 1.98. The Bertz CT molecular complexity index is 416. The first-order chi connectivity index (χ1) is 7.54. The second kappa shape index (κ2) is 5.16. The molecule has 0 fully saturated rings. The number of hydrogen-bond acceptors (Lipinski definition) is 4. The molecule has 1 N–H and O–H groups in total. The van der Waals surface area contributed by atoms with Gasteiger partial charge in [-0.25, -0.2) is 0 Å².